The standard InChI is InChI=1S/C14H19NO3S/c1-10-4-3-5-11(2)12(10)8-19-7-6-13(14(17)18)15-9-16/h3-5,9,13H,6-8H2,1-2H3,(H,15,16)(H,17,18). The van der Waals surface area contributed by atoms with Crippen LogP contribution in [0.3, 0.4) is 0 Å². The lowest BCUT2D eigenvalue weighted by Crippen LogP contribution is -2.36. The smallest absolute Gasteiger partial charge is 0.326 e. The first-order chi connectivity index (χ1) is 9.06. The fourth-order valence-corrected chi connectivity index (χ4v) is 3.02. The summed E-state index contributed by atoms with van der Waals surface area (Å²) in [6.45, 7) is 4.16. The Bertz CT molecular complexity index is 428. The normalized spacial score (nSPS) is 11.9. The van der Waals surface area contributed by atoms with Crippen molar-refractivity contribution >= 4 is 24.1 Å². The van der Waals surface area contributed by atoms with Crippen molar-refractivity contribution in [2.45, 2.75) is 32.1 Å². The minimum absolute atomic E-state index is 0.434. The van der Waals surface area contributed by atoms with Crippen LogP contribution < -0.4 is 5.32 Å². The van der Waals surface area contributed by atoms with E-state index in [0.29, 0.717) is 18.6 Å². The maximum absolute atomic E-state index is 10.8. The summed E-state index contributed by atoms with van der Waals surface area (Å²) >= 11 is 1.69. The SMILES string of the molecule is Cc1cccc(C)c1CSCCC(NC=O)C(=O)O. The topological polar surface area (TPSA) is 66.4 Å². The molecular formula is C14H19NO3S. The lowest BCUT2D eigenvalue weighted by molar-refractivity contribution is -0.140. The third kappa shape index (κ3) is 4.95. The van der Waals surface area contributed by atoms with Gasteiger partial charge in [0, 0.05) is 5.75 Å². The van der Waals surface area contributed by atoms with Crippen molar-refractivity contribution in [1.82, 2.24) is 5.32 Å². The molecule has 1 atom stereocenters. The highest BCUT2D eigenvalue weighted by Crippen LogP contribution is 2.20. The van der Waals surface area contributed by atoms with Crippen molar-refractivity contribution in [2.24, 2.45) is 0 Å². The van der Waals surface area contributed by atoms with E-state index in [1.807, 2.05) is 6.07 Å². The van der Waals surface area contributed by atoms with E-state index in [0.717, 1.165) is 5.75 Å². The highest BCUT2D eigenvalue weighted by Gasteiger charge is 2.15. The predicted octanol–water partition coefficient (Wildman–Crippen LogP) is 2.13. The van der Waals surface area contributed by atoms with Crippen LogP contribution in [0, 0.1) is 13.8 Å². The van der Waals surface area contributed by atoms with Gasteiger partial charge in [0.25, 0.3) is 0 Å². The molecule has 0 spiro atoms. The number of carboxylic acid groups (broad SMARTS) is 1. The quantitative estimate of drug-likeness (QED) is 0.566. The van der Waals surface area contributed by atoms with Crippen LogP contribution in [0.5, 0.6) is 0 Å². The zero-order chi connectivity index (χ0) is 14.3. The van der Waals surface area contributed by atoms with Gasteiger partial charge in [0.1, 0.15) is 6.04 Å². The Morgan fingerprint density at radius 1 is 1.42 bits per heavy atom. The molecule has 0 bridgehead atoms. The summed E-state index contributed by atoms with van der Waals surface area (Å²) in [5, 5.41) is 11.2. The van der Waals surface area contributed by atoms with Gasteiger partial charge in [-0.1, -0.05) is 18.2 Å². The molecule has 0 aromatic heterocycles. The van der Waals surface area contributed by atoms with E-state index in [2.05, 4.69) is 31.3 Å². The first-order valence-electron chi connectivity index (χ1n) is 6.11. The number of nitrogens with one attached hydrogen (secondary N) is 1. The average molecular weight is 281 g/mol. The van der Waals surface area contributed by atoms with Gasteiger partial charge in [-0.2, -0.15) is 11.8 Å². The summed E-state index contributed by atoms with van der Waals surface area (Å²) < 4.78 is 0. The van der Waals surface area contributed by atoms with E-state index in [-0.39, 0.29) is 0 Å². The minimum Gasteiger partial charge on any atom is -0.480 e. The number of aryl methyl sites for hydroxylation is 2. The molecule has 0 saturated heterocycles. The predicted molar refractivity (Wildman–Crippen MR) is 77.3 cm³/mol. The number of carbonyl (C=O) groups is 2. The molecule has 104 valence electrons. The van der Waals surface area contributed by atoms with E-state index in [9.17, 15) is 9.59 Å². The lowest BCUT2D eigenvalue weighted by Gasteiger charge is -2.12. The summed E-state index contributed by atoms with van der Waals surface area (Å²) in [4.78, 5) is 21.1. The monoisotopic (exact) mass is 281 g/mol. The molecule has 0 aliphatic rings. The average Bonchev–Trinajstić information content (AvgIpc) is 2.35. The Kier molecular flexibility index (Phi) is 6.42. The molecule has 0 saturated carbocycles. The molecule has 1 rings (SSSR count). The van der Waals surface area contributed by atoms with Crippen LogP contribution in [0.1, 0.15) is 23.1 Å². The van der Waals surface area contributed by atoms with Gasteiger partial charge >= 0.3 is 5.97 Å². The summed E-state index contributed by atoms with van der Waals surface area (Å²) in [5.41, 5.74) is 3.82. The third-order valence-corrected chi connectivity index (χ3v) is 4.03. The Hall–Kier alpha value is -1.49. The molecule has 1 amide bonds. The van der Waals surface area contributed by atoms with E-state index in [1.54, 1.807) is 11.8 Å². The Balaban J connectivity index is 2.42. The van der Waals surface area contributed by atoms with Crippen LogP contribution in [-0.2, 0) is 15.3 Å². The minimum atomic E-state index is -0.986. The molecule has 0 aliphatic carbocycles. The van der Waals surface area contributed by atoms with E-state index >= 15 is 0 Å². The second kappa shape index (κ2) is 7.84. The van der Waals surface area contributed by atoms with Gasteiger partial charge in [-0.15, -0.1) is 0 Å². The van der Waals surface area contributed by atoms with Crippen LogP contribution in [-0.4, -0.2) is 29.3 Å². The number of amides is 1. The fraction of sp³-hybridized carbons (Fsp3) is 0.429. The largest absolute Gasteiger partial charge is 0.480 e. The van der Waals surface area contributed by atoms with Gasteiger partial charge in [-0.3, -0.25) is 4.79 Å². The van der Waals surface area contributed by atoms with Gasteiger partial charge < -0.3 is 10.4 Å². The molecule has 0 heterocycles. The Labute approximate surface area is 117 Å². The molecule has 5 heteroatoms. The molecule has 4 nitrogen and oxygen atoms in total. The maximum Gasteiger partial charge on any atom is 0.326 e. The number of hydrogen-bond donors (Lipinski definition) is 2. The zero-order valence-electron chi connectivity index (χ0n) is 11.2. The number of carbonyl (C=O) groups excluding carboxylic acids is 1. The van der Waals surface area contributed by atoms with Crippen molar-refractivity contribution < 1.29 is 14.7 Å². The van der Waals surface area contributed by atoms with E-state index in [4.69, 9.17) is 5.11 Å². The molecule has 1 aromatic carbocycles. The first kappa shape index (κ1) is 15.6. The van der Waals surface area contributed by atoms with Crippen molar-refractivity contribution in [3.8, 4) is 0 Å². The molecule has 1 unspecified atom stereocenters. The Morgan fingerprint density at radius 3 is 2.58 bits per heavy atom. The highest BCUT2D eigenvalue weighted by molar-refractivity contribution is 7.98. The summed E-state index contributed by atoms with van der Waals surface area (Å²) in [7, 11) is 0. The maximum atomic E-state index is 10.8. The summed E-state index contributed by atoms with van der Waals surface area (Å²) in [6.07, 6.45) is 0.874. The number of benzene rings is 1. The molecule has 0 fully saturated rings. The van der Waals surface area contributed by atoms with Crippen LogP contribution in [0.15, 0.2) is 18.2 Å². The highest BCUT2D eigenvalue weighted by atomic mass is 32.2. The molecule has 0 radical (unpaired) electrons. The molecule has 2 N–H and O–H groups in total. The number of thioether (sulfide) groups is 1. The van der Waals surface area contributed by atoms with Crippen molar-refractivity contribution in [2.75, 3.05) is 5.75 Å². The second-order valence-corrected chi connectivity index (χ2v) is 5.49. The fourth-order valence-electron chi connectivity index (χ4n) is 1.81. The second-order valence-electron chi connectivity index (χ2n) is 4.39. The van der Waals surface area contributed by atoms with E-state index < -0.39 is 12.0 Å². The van der Waals surface area contributed by atoms with Crippen LogP contribution >= 0.6 is 11.8 Å². The summed E-state index contributed by atoms with van der Waals surface area (Å²) in [6, 6.07) is 5.41. The van der Waals surface area contributed by atoms with Gasteiger partial charge in [-0.05, 0) is 42.7 Å². The zero-order valence-corrected chi connectivity index (χ0v) is 12.0. The van der Waals surface area contributed by atoms with E-state index in [1.165, 1.54) is 16.7 Å². The number of aliphatic carboxylic acids is 1. The molecule has 0 aliphatic heterocycles. The first-order valence-corrected chi connectivity index (χ1v) is 7.27. The Morgan fingerprint density at radius 2 is 2.05 bits per heavy atom. The third-order valence-electron chi connectivity index (χ3n) is 3.01. The van der Waals surface area contributed by atoms with Crippen molar-refractivity contribution in [3.63, 3.8) is 0 Å². The number of carboxylic acids is 1. The van der Waals surface area contributed by atoms with Crippen LogP contribution in [0.4, 0.5) is 0 Å². The van der Waals surface area contributed by atoms with Gasteiger partial charge in [-0.25, -0.2) is 4.79 Å². The van der Waals surface area contributed by atoms with Crippen molar-refractivity contribution in [1.29, 1.82) is 0 Å². The van der Waals surface area contributed by atoms with Gasteiger partial charge in [0.2, 0.25) is 6.41 Å². The van der Waals surface area contributed by atoms with Gasteiger partial charge in [0.05, 0.1) is 0 Å². The van der Waals surface area contributed by atoms with Crippen LogP contribution in [0.2, 0.25) is 0 Å². The molecule has 19 heavy (non-hydrogen) atoms. The molecular weight excluding hydrogens is 262 g/mol. The number of rotatable bonds is 8. The van der Waals surface area contributed by atoms with Gasteiger partial charge in [0.15, 0.2) is 0 Å². The van der Waals surface area contributed by atoms with Crippen LogP contribution in [0.25, 0.3) is 0 Å². The molecule has 1 aromatic rings. The summed E-state index contributed by atoms with van der Waals surface area (Å²) in [5.74, 6) is 0.581. The van der Waals surface area contributed by atoms with Crippen molar-refractivity contribution in [3.05, 3.63) is 34.9 Å². The lowest BCUT2D eigenvalue weighted by atomic mass is 10.1. The number of hydrogen-bond acceptors (Lipinski definition) is 3.